The van der Waals surface area contributed by atoms with E-state index in [4.69, 9.17) is 20.9 Å². The van der Waals surface area contributed by atoms with Gasteiger partial charge < -0.3 is 20.9 Å². The summed E-state index contributed by atoms with van der Waals surface area (Å²) in [6, 6.07) is 18.5. The largest absolute Gasteiger partial charge is 0.465 e. The molecular weight excluding hydrogens is 360 g/mol. The summed E-state index contributed by atoms with van der Waals surface area (Å²) in [5.41, 5.74) is 14.3. The Labute approximate surface area is 176 Å². The average Bonchev–Trinajstić information content (AvgIpc) is 2.61. The van der Waals surface area contributed by atoms with Crippen LogP contribution in [0.4, 0.5) is 0 Å². The van der Waals surface area contributed by atoms with Crippen molar-refractivity contribution in [2.45, 2.75) is 77.2 Å². The monoisotopic (exact) mass is 398 g/mol. The van der Waals surface area contributed by atoms with E-state index in [9.17, 15) is 0 Å². The topological polar surface area (TPSA) is 70.5 Å². The molecule has 2 aromatic carbocycles. The minimum Gasteiger partial charge on any atom is -0.465 e. The Bertz CT molecular complexity index is 745. The highest BCUT2D eigenvalue weighted by atomic mass is 16.7. The smallest absolute Gasteiger partial charge is 0.196 e. The summed E-state index contributed by atoms with van der Waals surface area (Å²) in [7, 11) is 0. The van der Waals surface area contributed by atoms with Crippen LogP contribution >= 0.6 is 0 Å². The van der Waals surface area contributed by atoms with E-state index >= 15 is 0 Å². The van der Waals surface area contributed by atoms with Crippen molar-refractivity contribution in [1.82, 2.24) is 0 Å². The van der Waals surface area contributed by atoms with E-state index in [0.29, 0.717) is 6.61 Å². The van der Waals surface area contributed by atoms with E-state index in [1.54, 1.807) is 0 Å². The Kier molecular flexibility index (Phi) is 7.50. The summed E-state index contributed by atoms with van der Waals surface area (Å²) in [5.74, 6) is 0.783. The lowest BCUT2D eigenvalue weighted by molar-refractivity contribution is -0.0654. The third kappa shape index (κ3) is 6.84. The molecule has 2 unspecified atom stereocenters. The van der Waals surface area contributed by atoms with Crippen LogP contribution in [0.25, 0.3) is 0 Å². The summed E-state index contributed by atoms with van der Waals surface area (Å²) < 4.78 is 11.7. The molecule has 4 N–H and O–H groups in total. The van der Waals surface area contributed by atoms with Crippen molar-refractivity contribution in [1.29, 1.82) is 0 Å². The van der Waals surface area contributed by atoms with Gasteiger partial charge in [0.1, 0.15) is 5.75 Å². The van der Waals surface area contributed by atoms with E-state index in [0.717, 1.165) is 24.2 Å². The standard InChI is InChI=1S/C25H38N2O2/c1-19(28-17-16-20-10-8-7-9-11-20)29-22-14-12-21(13-15-22)25(6,24(4,5)27)18-23(2,3)26/h7-15,19H,16-18,26-27H2,1-6H3. The molecular formula is C25H38N2O2. The molecule has 0 aliphatic rings. The third-order valence-electron chi connectivity index (χ3n) is 5.61. The van der Waals surface area contributed by atoms with Gasteiger partial charge in [0.05, 0.1) is 6.61 Å². The Morgan fingerprint density at radius 1 is 0.862 bits per heavy atom. The van der Waals surface area contributed by atoms with Crippen molar-refractivity contribution >= 4 is 0 Å². The van der Waals surface area contributed by atoms with Crippen molar-refractivity contribution in [2.24, 2.45) is 11.5 Å². The second-order valence-electron chi connectivity index (χ2n) is 9.54. The quantitative estimate of drug-likeness (QED) is 0.564. The number of hydrogen-bond donors (Lipinski definition) is 2. The molecule has 0 heterocycles. The number of benzene rings is 2. The highest BCUT2D eigenvalue weighted by molar-refractivity contribution is 5.35. The highest BCUT2D eigenvalue weighted by Crippen LogP contribution is 2.40. The first kappa shape index (κ1) is 23.4. The normalized spacial score (nSPS) is 15.6. The van der Waals surface area contributed by atoms with Crippen LogP contribution in [0.1, 0.15) is 59.1 Å². The van der Waals surface area contributed by atoms with Crippen LogP contribution in [0.3, 0.4) is 0 Å². The molecule has 160 valence electrons. The van der Waals surface area contributed by atoms with Crippen molar-refractivity contribution in [3.63, 3.8) is 0 Å². The first-order chi connectivity index (χ1) is 13.4. The zero-order chi connectivity index (χ0) is 21.7. The molecule has 2 rings (SSSR count). The maximum atomic E-state index is 6.57. The van der Waals surface area contributed by atoms with Crippen LogP contribution in [0.2, 0.25) is 0 Å². The van der Waals surface area contributed by atoms with Gasteiger partial charge >= 0.3 is 0 Å². The van der Waals surface area contributed by atoms with Gasteiger partial charge in [-0.2, -0.15) is 0 Å². The number of hydrogen-bond acceptors (Lipinski definition) is 4. The SMILES string of the molecule is CC(OCCc1ccccc1)Oc1ccc(C(C)(CC(C)(C)N)C(C)(C)N)cc1. The van der Waals surface area contributed by atoms with E-state index in [1.165, 1.54) is 5.56 Å². The van der Waals surface area contributed by atoms with Gasteiger partial charge in [0.25, 0.3) is 0 Å². The zero-order valence-corrected chi connectivity index (χ0v) is 18.9. The zero-order valence-electron chi connectivity index (χ0n) is 18.9. The molecule has 29 heavy (non-hydrogen) atoms. The number of ether oxygens (including phenoxy) is 2. The summed E-state index contributed by atoms with van der Waals surface area (Å²) in [6.45, 7) is 12.9. The lowest BCUT2D eigenvalue weighted by Gasteiger charge is -2.46. The molecule has 0 spiro atoms. The molecule has 0 saturated heterocycles. The minimum atomic E-state index is -0.417. The highest BCUT2D eigenvalue weighted by Gasteiger charge is 2.42. The lowest BCUT2D eigenvalue weighted by atomic mass is 9.63. The fraction of sp³-hybridized carbons (Fsp3) is 0.520. The second-order valence-corrected chi connectivity index (χ2v) is 9.54. The fourth-order valence-corrected chi connectivity index (χ4v) is 3.73. The molecule has 0 aliphatic carbocycles. The number of rotatable bonds is 10. The van der Waals surface area contributed by atoms with Crippen LogP contribution in [-0.4, -0.2) is 24.0 Å². The Morgan fingerprint density at radius 3 is 1.97 bits per heavy atom. The van der Waals surface area contributed by atoms with Gasteiger partial charge in [0.2, 0.25) is 0 Å². The molecule has 4 nitrogen and oxygen atoms in total. The molecule has 0 aliphatic heterocycles. The summed E-state index contributed by atoms with van der Waals surface area (Å²) >= 11 is 0. The van der Waals surface area contributed by atoms with Gasteiger partial charge in [-0.05, 0) is 70.7 Å². The van der Waals surface area contributed by atoms with E-state index in [-0.39, 0.29) is 17.2 Å². The molecule has 0 amide bonds. The maximum absolute atomic E-state index is 6.57. The van der Waals surface area contributed by atoms with E-state index in [1.807, 2.05) is 51.1 Å². The predicted molar refractivity (Wildman–Crippen MR) is 121 cm³/mol. The van der Waals surface area contributed by atoms with E-state index < -0.39 is 5.54 Å². The van der Waals surface area contributed by atoms with Gasteiger partial charge in [-0.1, -0.05) is 49.4 Å². The van der Waals surface area contributed by atoms with Crippen molar-refractivity contribution in [3.05, 3.63) is 65.7 Å². The van der Waals surface area contributed by atoms with Gasteiger partial charge in [-0.25, -0.2) is 0 Å². The maximum Gasteiger partial charge on any atom is 0.196 e. The minimum absolute atomic E-state index is 0.262. The van der Waals surface area contributed by atoms with Gasteiger partial charge in [-0.15, -0.1) is 0 Å². The fourth-order valence-electron chi connectivity index (χ4n) is 3.73. The summed E-state index contributed by atoms with van der Waals surface area (Å²) in [6.07, 6.45) is 1.33. The third-order valence-corrected chi connectivity index (χ3v) is 5.61. The van der Waals surface area contributed by atoms with Crippen LogP contribution in [0.5, 0.6) is 5.75 Å². The molecule has 0 saturated carbocycles. The molecule has 0 radical (unpaired) electrons. The van der Waals surface area contributed by atoms with Gasteiger partial charge in [0, 0.05) is 16.5 Å². The Hall–Kier alpha value is -1.88. The van der Waals surface area contributed by atoms with Gasteiger partial charge in [-0.3, -0.25) is 0 Å². The molecule has 0 aromatic heterocycles. The Balaban J connectivity index is 1.99. The van der Waals surface area contributed by atoms with Crippen LogP contribution in [0.15, 0.2) is 54.6 Å². The van der Waals surface area contributed by atoms with Crippen LogP contribution in [0, 0.1) is 0 Å². The van der Waals surface area contributed by atoms with Gasteiger partial charge in [0.15, 0.2) is 6.29 Å². The number of nitrogens with two attached hydrogens (primary N) is 2. The molecule has 4 heteroatoms. The predicted octanol–water partition coefficient (Wildman–Crippen LogP) is 4.79. The molecule has 0 fully saturated rings. The first-order valence-corrected chi connectivity index (χ1v) is 10.4. The summed E-state index contributed by atoms with van der Waals surface area (Å²) in [4.78, 5) is 0. The van der Waals surface area contributed by atoms with Crippen molar-refractivity contribution < 1.29 is 9.47 Å². The van der Waals surface area contributed by atoms with Crippen molar-refractivity contribution in [2.75, 3.05) is 6.61 Å². The van der Waals surface area contributed by atoms with Crippen LogP contribution in [-0.2, 0) is 16.6 Å². The average molecular weight is 399 g/mol. The summed E-state index contributed by atoms with van der Waals surface area (Å²) in [5, 5.41) is 0. The van der Waals surface area contributed by atoms with Crippen molar-refractivity contribution in [3.8, 4) is 5.75 Å². The molecule has 0 bridgehead atoms. The second kappa shape index (κ2) is 9.29. The first-order valence-electron chi connectivity index (χ1n) is 10.4. The molecule has 2 aromatic rings. The lowest BCUT2D eigenvalue weighted by Crippen LogP contribution is -2.56. The van der Waals surface area contributed by atoms with Crippen LogP contribution < -0.4 is 16.2 Å². The Morgan fingerprint density at radius 2 is 1.45 bits per heavy atom. The van der Waals surface area contributed by atoms with E-state index in [2.05, 4.69) is 45.0 Å². The molecule has 2 atom stereocenters.